The molecule has 0 bridgehead atoms. The molecule has 0 spiro atoms. The molecular weight excluding hydrogens is 390 g/mol. The number of pyridine rings is 1. The molecule has 9 heteroatoms. The number of anilines is 1. The van der Waals surface area contributed by atoms with Crippen LogP contribution in [0.25, 0.3) is 0 Å². The van der Waals surface area contributed by atoms with Gasteiger partial charge in [-0.1, -0.05) is 6.07 Å². The average molecular weight is 404 g/mol. The fourth-order valence-corrected chi connectivity index (χ4v) is 2.37. The van der Waals surface area contributed by atoms with Crippen LogP contribution in [-0.4, -0.2) is 33.1 Å². The summed E-state index contributed by atoms with van der Waals surface area (Å²) in [6.45, 7) is 0.362. The van der Waals surface area contributed by atoms with Crippen molar-refractivity contribution in [3.8, 4) is 0 Å². The molecule has 0 aliphatic rings. The third-order valence-electron chi connectivity index (χ3n) is 3.18. The van der Waals surface area contributed by atoms with E-state index in [9.17, 15) is 9.59 Å². The highest BCUT2D eigenvalue weighted by atomic mass is 79.9. The molecule has 8 nitrogen and oxygen atoms in total. The third kappa shape index (κ3) is 4.77. The summed E-state index contributed by atoms with van der Waals surface area (Å²) in [6.07, 6.45) is 5.21. The van der Waals surface area contributed by atoms with E-state index in [1.165, 1.54) is 6.07 Å². The predicted octanol–water partition coefficient (Wildman–Crippen LogP) is 2.05. The summed E-state index contributed by atoms with van der Waals surface area (Å²) in [5.74, 6) is -0.321. The third-order valence-corrected chi connectivity index (χ3v) is 3.61. The molecule has 3 heterocycles. The van der Waals surface area contributed by atoms with E-state index in [1.807, 2.05) is 12.1 Å². The van der Waals surface area contributed by atoms with E-state index in [0.717, 1.165) is 5.56 Å². The summed E-state index contributed by atoms with van der Waals surface area (Å²) < 4.78 is 7.24. The van der Waals surface area contributed by atoms with Crippen LogP contribution in [0, 0.1) is 0 Å². The number of amides is 2. The fourth-order valence-electron chi connectivity index (χ4n) is 2.07. The van der Waals surface area contributed by atoms with Crippen molar-refractivity contribution in [2.24, 2.45) is 0 Å². The van der Waals surface area contributed by atoms with E-state index in [-0.39, 0.29) is 18.2 Å². The summed E-state index contributed by atoms with van der Waals surface area (Å²) in [6, 6.07) is 8.58. The van der Waals surface area contributed by atoms with Gasteiger partial charge < -0.3 is 15.1 Å². The predicted molar refractivity (Wildman–Crippen MR) is 92.9 cm³/mol. The number of hydrogen-bond donors (Lipinski definition) is 2. The minimum absolute atomic E-state index is 0.125. The summed E-state index contributed by atoms with van der Waals surface area (Å²) in [4.78, 5) is 27.7. The molecule has 0 saturated carbocycles. The van der Waals surface area contributed by atoms with Crippen molar-refractivity contribution in [1.29, 1.82) is 0 Å². The van der Waals surface area contributed by atoms with E-state index < -0.39 is 5.91 Å². The Morgan fingerprint density at radius 3 is 2.84 bits per heavy atom. The first-order valence-electron chi connectivity index (χ1n) is 7.36. The van der Waals surface area contributed by atoms with Gasteiger partial charge >= 0.3 is 0 Å². The molecule has 128 valence electrons. The zero-order valence-electron chi connectivity index (χ0n) is 13.0. The lowest BCUT2D eigenvalue weighted by molar-refractivity contribution is -0.115. The fraction of sp³-hybridized carbons (Fsp3) is 0.125. The maximum atomic E-state index is 11.9. The number of aromatic nitrogens is 3. The van der Waals surface area contributed by atoms with E-state index in [0.29, 0.717) is 17.0 Å². The molecule has 0 aliphatic heterocycles. The number of halogens is 1. The molecule has 0 unspecified atom stereocenters. The molecule has 2 amide bonds. The van der Waals surface area contributed by atoms with Gasteiger partial charge in [0.05, 0.1) is 13.1 Å². The summed E-state index contributed by atoms with van der Waals surface area (Å²) in [7, 11) is 0. The number of hydrogen-bond acceptors (Lipinski definition) is 5. The number of nitrogens with zero attached hydrogens (tertiary/aromatic N) is 3. The molecule has 0 fully saturated rings. The van der Waals surface area contributed by atoms with E-state index >= 15 is 0 Å². The van der Waals surface area contributed by atoms with Crippen LogP contribution < -0.4 is 10.6 Å². The zero-order valence-corrected chi connectivity index (χ0v) is 14.6. The van der Waals surface area contributed by atoms with Gasteiger partial charge in [0, 0.05) is 24.7 Å². The van der Waals surface area contributed by atoms with Crippen LogP contribution in [0.15, 0.2) is 58.0 Å². The van der Waals surface area contributed by atoms with Gasteiger partial charge in [-0.05, 0) is 39.7 Å². The highest BCUT2D eigenvalue weighted by Crippen LogP contribution is 2.13. The molecule has 0 radical (unpaired) electrons. The summed E-state index contributed by atoms with van der Waals surface area (Å²) in [5.41, 5.74) is 1.00. The van der Waals surface area contributed by atoms with Crippen molar-refractivity contribution in [3.05, 3.63) is 64.9 Å². The average Bonchev–Trinajstić information content (AvgIpc) is 3.23. The highest BCUT2D eigenvalue weighted by molar-refractivity contribution is 9.10. The number of rotatable bonds is 6. The van der Waals surface area contributed by atoms with Crippen molar-refractivity contribution >= 4 is 33.6 Å². The highest BCUT2D eigenvalue weighted by Gasteiger charge is 2.12. The molecule has 0 saturated heterocycles. The summed E-state index contributed by atoms with van der Waals surface area (Å²) >= 11 is 3.11. The van der Waals surface area contributed by atoms with Crippen molar-refractivity contribution in [2.75, 3.05) is 11.9 Å². The molecule has 0 aliphatic carbocycles. The lowest BCUT2D eigenvalue weighted by Gasteiger charge is -2.04. The van der Waals surface area contributed by atoms with E-state index in [1.54, 1.807) is 35.4 Å². The number of carbonyl (C=O) groups excluding carboxylic acids is 2. The van der Waals surface area contributed by atoms with Gasteiger partial charge in [-0.25, -0.2) is 0 Å². The quantitative estimate of drug-likeness (QED) is 0.655. The van der Waals surface area contributed by atoms with E-state index in [2.05, 4.69) is 36.6 Å². The topological polar surface area (TPSA) is 102 Å². The molecule has 3 aromatic heterocycles. The Kier molecular flexibility index (Phi) is 5.24. The molecule has 0 atom stereocenters. The Balaban J connectivity index is 1.49. The first-order valence-corrected chi connectivity index (χ1v) is 8.15. The normalized spacial score (nSPS) is 10.4. The Hall–Kier alpha value is -2.94. The van der Waals surface area contributed by atoms with Crippen molar-refractivity contribution in [3.63, 3.8) is 0 Å². The van der Waals surface area contributed by atoms with Crippen LogP contribution in [0.1, 0.15) is 16.1 Å². The first kappa shape index (κ1) is 16.9. The Bertz CT molecular complexity index is 875. The molecule has 3 rings (SSSR count). The lowest BCUT2D eigenvalue weighted by atomic mass is 10.3. The molecule has 25 heavy (non-hydrogen) atoms. The second kappa shape index (κ2) is 7.75. The van der Waals surface area contributed by atoms with Gasteiger partial charge in [0.2, 0.25) is 5.91 Å². The monoisotopic (exact) mass is 403 g/mol. The Labute approximate surface area is 151 Å². The van der Waals surface area contributed by atoms with Gasteiger partial charge in [-0.15, -0.1) is 0 Å². The Morgan fingerprint density at radius 2 is 2.12 bits per heavy atom. The minimum Gasteiger partial charge on any atom is -0.444 e. The Morgan fingerprint density at radius 1 is 1.24 bits per heavy atom. The van der Waals surface area contributed by atoms with Crippen LogP contribution in [0.3, 0.4) is 0 Å². The van der Waals surface area contributed by atoms with Gasteiger partial charge in [0.25, 0.3) is 5.91 Å². The molecular formula is C16H14BrN5O3. The SMILES string of the molecule is O=C(CNC(=O)c1ccc(Br)o1)Nc1ccn(Cc2cccnc2)n1. The van der Waals surface area contributed by atoms with Gasteiger partial charge in [-0.2, -0.15) is 5.10 Å². The van der Waals surface area contributed by atoms with Crippen molar-refractivity contribution < 1.29 is 14.0 Å². The standard InChI is InChI=1S/C16H14BrN5O3/c17-13-4-3-12(25-13)16(24)19-9-15(23)20-14-5-7-22(21-14)10-11-2-1-6-18-8-11/h1-8H,9-10H2,(H,19,24)(H,20,21,23). The largest absolute Gasteiger partial charge is 0.444 e. The summed E-state index contributed by atoms with van der Waals surface area (Å²) in [5, 5.41) is 9.34. The van der Waals surface area contributed by atoms with Crippen LogP contribution in [0.4, 0.5) is 5.82 Å². The second-order valence-electron chi connectivity index (χ2n) is 5.09. The van der Waals surface area contributed by atoms with Gasteiger partial charge in [0.1, 0.15) is 0 Å². The smallest absolute Gasteiger partial charge is 0.287 e. The van der Waals surface area contributed by atoms with E-state index in [4.69, 9.17) is 4.42 Å². The van der Waals surface area contributed by atoms with Crippen molar-refractivity contribution in [1.82, 2.24) is 20.1 Å². The van der Waals surface area contributed by atoms with Crippen molar-refractivity contribution in [2.45, 2.75) is 6.54 Å². The lowest BCUT2D eigenvalue weighted by Crippen LogP contribution is -2.32. The number of furan rings is 1. The van der Waals surface area contributed by atoms with Crippen LogP contribution in [-0.2, 0) is 11.3 Å². The first-order chi connectivity index (χ1) is 12.1. The van der Waals surface area contributed by atoms with Crippen LogP contribution in [0.2, 0.25) is 0 Å². The number of nitrogens with one attached hydrogen (secondary N) is 2. The molecule has 0 aromatic carbocycles. The van der Waals surface area contributed by atoms with Gasteiger partial charge in [-0.3, -0.25) is 19.3 Å². The maximum Gasteiger partial charge on any atom is 0.287 e. The van der Waals surface area contributed by atoms with Gasteiger partial charge in [0.15, 0.2) is 16.2 Å². The molecule has 2 N–H and O–H groups in total. The minimum atomic E-state index is -0.469. The second-order valence-corrected chi connectivity index (χ2v) is 5.88. The number of carbonyl (C=O) groups is 2. The maximum absolute atomic E-state index is 11.9. The zero-order chi connectivity index (χ0) is 17.6. The van der Waals surface area contributed by atoms with Crippen LogP contribution >= 0.6 is 15.9 Å². The molecule has 3 aromatic rings. The van der Waals surface area contributed by atoms with Crippen LogP contribution in [0.5, 0.6) is 0 Å².